The van der Waals surface area contributed by atoms with E-state index in [1.54, 1.807) is 0 Å². The highest BCUT2D eigenvalue weighted by Crippen LogP contribution is 2.64. The average Bonchev–Trinajstić information content (AvgIpc) is 2.36. The van der Waals surface area contributed by atoms with Crippen molar-refractivity contribution in [1.29, 1.82) is 5.41 Å². The van der Waals surface area contributed by atoms with Gasteiger partial charge in [-0.2, -0.15) is 0 Å². The van der Waals surface area contributed by atoms with Gasteiger partial charge in [0.15, 0.2) is 0 Å². The molecule has 80 valence electrons. The lowest BCUT2D eigenvalue weighted by molar-refractivity contribution is 0.195. The Morgan fingerprint density at radius 1 is 1.64 bits per heavy atom. The molecule has 1 N–H and O–H groups in total. The number of fused-ring (bicyclic) bond motifs is 2. The minimum atomic E-state index is -2.03. The molecule has 2 rings (SSSR count). The quantitative estimate of drug-likeness (QED) is 0.711. The van der Waals surface area contributed by atoms with Crippen LogP contribution < -0.4 is 0 Å². The van der Waals surface area contributed by atoms with E-state index in [0.717, 1.165) is 19.3 Å². The standard InChI is InChI=1S/C10H17NO2S/c1-9(2)7-3-4-10(9,6-14(12)13)8(11)5-7/h7,11H,3-6H2,1-2H3,(H,12,13)/p-1. The summed E-state index contributed by atoms with van der Waals surface area (Å²) < 4.78 is 21.7. The first kappa shape index (κ1) is 10.3. The Bertz CT molecular complexity index is 313. The summed E-state index contributed by atoms with van der Waals surface area (Å²) in [5.41, 5.74) is 0.331. The molecule has 0 aromatic heterocycles. The van der Waals surface area contributed by atoms with Gasteiger partial charge in [0.1, 0.15) is 0 Å². The molecule has 0 aromatic rings. The molecule has 0 saturated heterocycles. The molecule has 14 heavy (non-hydrogen) atoms. The predicted molar refractivity (Wildman–Crippen MR) is 55.1 cm³/mol. The van der Waals surface area contributed by atoms with Crippen LogP contribution in [0.25, 0.3) is 0 Å². The molecule has 3 atom stereocenters. The van der Waals surface area contributed by atoms with Crippen LogP contribution in [0, 0.1) is 22.2 Å². The zero-order valence-electron chi connectivity index (χ0n) is 8.63. The van der Waals surface area contributed by atoms with Crippen molar-refractivity contribution in [1.82, 2.24) is 0 Å². The van der Waals surface area contributed by atoms with Gasteiger partial charge in [0.05, 0.1) is 0 Å². The van der Waals surface area contributed by atoms with Gasteiger partial charge in [-0.15, -0.1) is 0 Å². The molecule has 2 bridgehead atoms. The highest BCUT2D eigenvalue weighted by molar-refractivity contribution is 7.79. The van der Waals surface area contributed by atoms with E-state index in [-0.39, 0.29) is 16.6 Å². The van der Waals surface area contributed by atoms with E-state index in [1.807, 2.05) is 0 Å². The zero-order valence-corrected chi connectivity index (χ0v) is 9.45. The van der Waals surface area contributed by atoms with E-state index in [1.165, 1.54) is 0 Å². The van der Waals surface area contributed by atoms with Gasteiger partial charge in [0.2, 0.25) is 0 Å². The maximum Gasteiger partial charge on any atom is 0.0238 e. The smallest absolute Gasteiger partial charge is 0.0238 e. The number of rotatable bonds is 2. The minimum Gasteiger partial charge on any atom is -0.772 e. The fraction of sp³-hybridized carbons (Fsp3) is 0.900. The van der Waals surface area contributed by atoms with Crippen molar-refractivity contribution in [3.8, 4) is 0 Å². The molecule has 3 nitrogen and oxygen atoms in total. The molecule has 0 heterocycles. The van der Waals surface area contributed by atoms with Crippen LogP contribution >= 0.6 is 0 Å². The summed E-state index contributed by atoms with van der Waals surface area (Å²) >= 11 is -2.03. The fourth-order valence-electron chi connectivity index (χ4n) is 3.38. The molecule has 2 aliphatic carbocycles. The molecule has 2 aliphatic rings. The van der Waals surface area contributed by atoms with Crippen LogP contribution in [-0.2, 0) is 11.1 Å². The first-order valence-electron chi connectivity index (χ1n) is 5.04. The zero-order chi connectivity index (χ0) is 10.6. The summed E-state index contributed by atoms with van der Waals surface area (Å²) in [5.74, 6) is 0.675. The van der Waals surface area contributed by atoms with E-state index < -0.39 is 11.1 Å². The van der Waals surface area contributed by atoms with Gasteiger partial charge >= 0.3 is 0 Å². The van der Waals surface area contributed by atoms with Crippen LogP contribution in [0.4, 0.5) is 0 Å². The summed E-state index contributed by atoms with van der Waals surface area (Å²) in [7, 11) is 0. The summed E-state index contributed by atoms with van der Waals surface area (Å²) in [6.45, 7) is 4.25. The van der Waals surface area contributed by atoms with Crippen molar-refractivity contribution < 1.29 is 8.76 Å². The van der Waals surface area contributed by atoms with E-state index in [2.05, 4.69) is 13.8 Å². The van der Waals surface area contributed by atoms with Crippen LogP contribution in [0.3, 0.4) is 0 Å². The maximum absolute atomic E-state index is 10.9. The van der Waals surface area contributed by atoms with Crippen molar-refractivity contribution in [3.05, 3.63) is 0 Å². The summed E-state index contributed by atoms with van der Waals surface area (Å²) in [4.78, 5) is 0. The Balaban J connectivity index is 2.39. The highest BCUT2D eigenvalue weighted by Gasteiger charge is 2.61. The molecule has 0 aromatic carbocycles. The average molecular weight is 214 g/mol. The molecule has 0 amide bonds. The molecule has 2 saturated carbocycles. The number of hydrogen-bond acceptors (Lipinski definition) is 3. The number of nitrogens with one attached hydrogen (secondary N) is 1. The molecule has 3 unspecified atom stereocenters. The minimum absolute atomic E-state index is 0.00412. The summed E-state index contributed by atoms with van der Waals surface area (Å²) in [6, 6.07) is 0. The molecule has 2 fully saturated rings. The van der Waals surface area contributed by atoms with E-state index >= 15 is 0 Å². The van der Waals surface area contributed by atoms with E-state index in [0.29, 0.717) is 11.6 Å². The fourth-order valence-corrected chi connectivity index (χ4v) is 4.47. The van der Waals surface area contributed by atoms with Gasteiger partial charge in [-0.1, -0.05) is 24.9 Å². The van der Waals surface area contributed by atoms with Gasteiger partial charge in [0.25, 0.3) is 0 Å². The molecule has 0 radical (unpaired) electrons. The lowest BCUT2D eigenvalue weighted by Gasteiger charge is -2.38. The van der Waals surface area contributed by atoms with Crippen LogP contribution in [0.5, 0.6) is 0 Å². The van der Waals surface area contributed by atoms with Crippen LogP contribution in [-0.4, -0.2) is 20.2 Å². The SMILES string of the molecule is CC1(C)C2CCC1(CS(=O)[O-])C(=N)C2. The van der Waals surface area contributed by atoms with Crippen LogP contribution in [0.1, 0.15) is 33.1 Å². The van der Waals surface area contributed by atoms with Gasteiger partial charge in [-0.25, -0.2) is 0 Å². The van der Waals surface area contributed by atoms with Crippen molar-refractivity contribution in [3.63, 3.8) is 0 Å². The Morgan fingerprint density at radius 3 is 2.64 bits per heavy atom. The maximum atomic E-state index is 10.9. The topological polar surface area (TPSA) is 64.0 Å². The van der Waals surface area contributed by atoms with Crippen LogP contribution in [0.15, 0.2) is 0 Å². The molecule has 4 heteroatoms. The third kappa shape index (κ3) is 1.07. The first-order chi connectivity index (χ1) is 6.40. The second-order valence-corrected chi connectivity index (χ2v) is 6.07. The molecule has 0 spiro atoms. The van der Waals surface area contributed by atoms with Gasteiger partial charge in [0, 0.05) is 16.9 Å². The normalized spacial score (nSPS) is 41.6. The van der Waals surface area contributed by atoms with E-state index in [9.17, 15) is 8.76 Å². The van der Waals surface area contributed by atoms with Crippen molar-refractivity contribution >= 4 is 16.8 Å². The Kier molecular flexibility index (Phi) is 2.13. The molecular formula is C10H16NO2S-. The lowest BCUT2D eigenvalue weighted by Crippen LogP contribution is -2.40. The lowest BCUT2D eigenvalue weighted by atomic mass is 9.70. The third-order valence-corrected chi connectivity index (χ3v) is 5.29. The van der Waals surface area contributed by atoms with Crippen molar-refractivity contribution in [2.75, 3.05) is 5.75 Å². The predicted octanol–water partition coefficient (Wildman–Crippen LogP) is 1.71. The van der Waals surface area contributed by atoms with Crippen LogP contribution in [0.2, 0.25) is 0 Å². The third-order valence-electron chi connectivity index (χ3n) is 4.57. The van der Waals surface area contributed by atoms with E-state index in [4.69, 9.17) is 5.41 Å². The Morgan fingerprint density at radius 2 is 2.29 bits per heavy atom. The number of hydrogen-bond donors (Lipinski definition) is 1. The highest BCUT2D eigenvalue weighted by atomic mass is 32.2. The van der Waals surface area contributed by atoms with Crippen molar-refractivity contribution in [2.24, 2.45) is 16.7 Å². The monoisotopic (exact) mass is 214 g/mol. The first-order valence-corrected chi connectivity index (χ1v) is 6.28. The largest absolute Gasteiger partial charge is 0.772 e. The Labute approximate surface area is 87.1 Å². The summed E-state index contributed by atoms with van der Waals surface area (Å²) in [6.07, 6.45) is 2.79. The second kappa shape index (κ2) is 2.89. The molecule has 0 aliphatic heterocycles. The van der Waals surface area contributed by atoms with Gasteiger partial charge in [-0.05, 0) is 30.6 Å². The van der Waals surface area contributed by atoms with Crippen molar-refractivity contribution in [2.45, 2.75) is 33.1 Å². The van der Waals surface area contributed by atoms with Gasteiger partial charge < -0.3 is 9.96 Å². The van der Waals surface area contributed by atoms with Gasteiger partial charge in [-0.3, -0.25) is 4.21 Å². The summed E-state index contributed by atoms with van der Waals surface area (Å²) in [5, 5.41) is 7.96. The Hall–Kier alpha value is -0.220. The second-order valence-electron chi connectivity index (χ2n) is 5.17. The molecular weight excluding hydrogens is 198 g/mol.